The molecule has 1 heterocycles. The number of aromatic nitrogens is 2. The molecule has 0 bridgehead atoms. The Morgan fingerprint density at radius 2 is 2.00 bits per heavy atom. The third-order valence-corrected chi connectivity index (χ3v) is 4.22. The van der Waals surface area contributed by atoms with Crippen LogP contribution < -0.4 is 21.3 Å². The molecule has 1 aromatic carbocycles. The molecule has 1 aromatic heterocycles. The highest BCUT2D eigenvalue weighted by Crippen LogP contribution is 2.45. The molecule has 7 nitrogen and oxygen atoms in total. The summed E-state index contributed by atoms with van der Waals surface area (Å²) in [5, 5.41) is 2.77. The molecule has 1 amide bonds. The van der Waals surface area contributed by atoms with E-state index in [1.54, 1.807) is 0 Å². The number of nitrogens with one attached hydrogen (secondary N) is 2. The van der Waals surface area contributed by atoms with E-state index in [1.165, 1.54) is 17.8 Å². The van der Waals surface area contributed by atoms with Crippen molar-refractivity contribution in [3.63, 3.8) is 0 Å². The highest BCUT2D eigenvalue weighted by molar-refractivity contribution is 5.93. The normalized spacial score (nSPS) is 14.9. The van der Waals surface area contributed by atoms with Crippen LogP contribution in [0.1, 0.15) is 23.2 Å². The second kappa shape index (κ2) is 6.35. The van der Waals surface area contributed by atoms with Crippen LogP contribution in [0, 0.1) is 5.41 Å². The van der Waals surface area contributed by atoms with E-state index in [4.69, 9.17) is 4.74 Å². The first kappa shape index (κ1) is 16.0. The van der Waals surface area contributed by atoms with Gasteiger partial charge in [-0.05, 0) is 25.0 Å². The lowest BCUT2D eigenvalue weighted by molar-refractivity contribution is 0.0935. The summed E-state index contributed by atoms with van der Waals surface area (Å²) >= 11 is 0. The summed E-state index contributed by atoms with van der Waals surface area (Å²) in [6, 6.07) is 9.51. The molecule has 1 aliphatic carbocycles. The van der Waals surface area contributed by atoms with E-state index in [2.05, 4.69) is 10.3 Å². The van der Waals surface area contributed by atoms with Gasteiger partial charge in [0, 0.05) is 25.2 Å². The highest BCUT2D eigenvalue weighted by Gasteiger charge is 2.43. The molecule has 0 saturated heterocycles. The summed E-state index contributed by atoms with van der Waals surface area (Å²) in [6.45, 7) is 0.946. The molecule has 2 N–H and O–H groups in total. The van der Waals surface area contributed by atoms with Gasteiger partial charge in [0.25, 0.3) is 11.5 Å². The Bertz CT molecular complexity index is 850. The lowest BCUT2D eigenvalue weighted by Gasteiger charge is -2.17. The summed E-state index contributed by atoms with van der Waals surface area (Å²) in [5.41, 5.74) is -1.39. The zero-order chi connectivity index (χ0) is 17.2. The number of hydrogen-bond acceptors (Lipinski definition) is 4. The minimum absolute atomic E-state index is 0.0723. The maximum atomic E-state index is 12.2. The summed E-state index contributed by atoms with van der Waals surface area (Å²) in [5.74, 6) is 0.308. The molecule has 3 rings (SSSR count). The second-order valence-corrected chi connectivity index (χ2v) is 6.20. The van der Waals surface area contributed by atoms with E-state index in [-0.39, 0.29) is 11.0 Å². The lowest BCUT2D eigenvalue weighted by Crippen LogP contribution is -2.39. The van der Waals surface area contributed by atoms with Gasteiger partial charge in [0.05, 0.1) is 6.61 Å². The molecule has 7 heteroatoms. The van der Waals surface area contributed by atoms with Crippen LogP contribution in [0.3, 0.4) is 0 Å². The van der Waals surface area contributed by atoms with Crippen molar-refractivity contribution in [2.75, 3.05) is 13.2 Å². The zero-order valence-electron chi connectivity index (χ0n) is 13.4. The number of benzene rings is 1. The standard InChI is InChI=1S/C17H19N3O4/c1-20-9-13(15(22)19-16(20)23)14(21)18-10-17(7-8-17)11-24-12-5-3-2-4-6-12/h2-6,9H,7-8,10-11H2,1H3,(H,18,21)(H,19,22,23). The number of H-pyrrole nitrogens is 1. The molecule has 24 heavy (non-hydrogen) atoms. The minimum Gasteiger partial charge on any atom is -0.493 e. The van der Waals surface area contributed by atoms with Gasteiger partial charge in [-0.1, -0.05) is 18.2 Å². The third kappa shape index (κ3) is 3.56. The van der Waals surface area contributed by atoms with Gasteiger partial charge in [-0.2, -0.15) is 0 Å². The van der Waals surface area contributed by atoms with E-state index < -0.39 is 17.2 Å². The second-order valence-electron chi connectivity index (χ2n) is 6.20. The van der Waals surface area contributed by atoms with Crippen molar-refractivity contribution in [3.05, 3.63) is 62.9 Å². The first-order valence-corrected chi connectivity index (χ1v) is 7.75. The van der Waals surface area contributed by atoms with Gasteiger partial charge >= 0.3 is 5.69 Å². The Morgan fingerprint density at radius 3 is 2.67 bits per heavy atom. The molecular weight excluding hydrogens is 310 g/mol. The van der Waals surface area contributed by atoms with Crippen molar-refractivity contribution in [2.24, 2.45) is 12.5 Å². The fraction of sp³-hybridized carbons (Fsp3) is 0.353. The highest BCUT2D eigenvalue weighted by atomic mass is 16.5. The summed E-state index contributed by atoms with van der Waals surface area (Å²) in [7, 11) is 1.48. The van der Waals surface area contributed by atoms with Crippen LogP contribution in [-0.2, 0) is 7.05 Å². The van der Waals surface area contributed by atoms with Crippen molar-refractivity contribution in [3.8, 4) is 5.75 Å². The summed E-state index contributed by atoms with van der Waals surface area (Å²) in [4.78, 5) is 37.4. The summed E-state index contributed by atoms with van der Waals surface area (Å²) in [6.07, 6.45) is 3.17. The Hall–Kier alpha value is -2.83. The molecule has 2 aromatic rings. The topological polar surface area (TPSA) is 93.2 Å². The van der Waals surface area contributed by atoms with Gasteiger partial charge in [-0.15, -0.1) is 0 Å². The first-order valence-electron chi connectivity index (χ1n) is 7.75. The van der Waals surface area contributed by atoms with E-state index >= 15 is 0 Å². The van der Waals surface area contributed by atoms with Crippen molar-refractivity contribution in [2.45, 2.75) is 12.8 Å². The molecule has 0 atom stereocenters. The molecule has 1 aliphatic rings. The van der Waals surface area contributed by atoms with Gasteiger partial charge in [-0.25, -0.2) is 4.79 Å². The fourth-order valence-corrected chi connectivity index (χ4v) is 2.39. The Kier molecular flexibility index (Phi) is 4.24. The number of para-hydroxylation sites is 1. The molecule has 126 valence electrons. The average Bonchev–Trinajstić information content (AvgIpc) is 3.36. The van der Waals surface area contributed by atoms with Crippen LogP contribution in [0.2, 0.25) is 0 Å². The van der Waals surface area contributed by atoms with Crippen LogP contribution in [0.15, 0.2) is 46.1 Å². The molecule has 0 aliphatic heterocycles. The Balaban J connectivity index is 1.59. The fourth-order valence-electron chi connectivity index (χ4n) is 2.39. The number of carbonyl (C=O) groups excluding carboxylic acids is 1. The number of aryl methyl sites for hydroxylation is 1. The Morgan fingerprint density at radius 1 is 1.29 bits per heavy atom. The van der Waals surface area contributed by atoms with E-state index in [1.807, 2.05) is 30.3 Å². The van der Waals surface area contributed by atoms with Crippen LogP contribution in [-0.4, -0.2) is 28.6 Å². The number of carbonyl (C=O) groups is 1. The number of ether oxygens (including phenoxy) is 1. The zero-order valence-corrected chi connectivity index (χ0v) is 13.4. The van der Waals surface area contributed by atoms with Gasteiger partial charge < -0.3 is 14.6 Å². The molecule has 0 unspecified atom stereocenters. The van der Waals surface area contributed by atoms with E-state index in [0.717, 1.165) is 18.6 Å². The maximum Gasteiger partial charge on any atom is 0.328 e. The van der Waals surface area contributed by atoms with Gasteiger partial charge in [0.1, 0.15) is 11.3 Å². The third-order valence-electron chi connectivity index (χ3n) is 4.22. The van der Waals surface area contributed by atoms with Gasteiger partial charge in [0.15, 0.2) is 0 Å². The predicted molar refractivity (Wildman–Crippen MR) is 88.2 cm³/mol. The van der Waals surface area contributed by atoms with Crippen molar-refractivity contribution in [1.29, 1.82) is 0 Å². The quantitative estimate of drug-likeness (QED) is 0.814. The van der Waals surface area contributed by atoms with E-state index in [9.17, 15) is 14.4 Å². The number of nitrogens with zero attached hydrogens (tertiary/aromatic N) is 1. The van der Waals surface area contributed by atoms with Crippen LogP contribution >= 0.6 is 0 Å². The number of amides is 1. The average molecular weight is 329 g/mol. The number of hydrogen-bond donors (Lipinski definition) is 2. The van der Waals surface area contributed by atoms with Crippen molar-refractivity contribution in [1.82, 2.24) is 14.9 Å². The molecule has 0 radical (unpaired) electrons. The van der Waals surface area contributed by atoms with E-state index in [0.29, 0.717) is 13.2 Å². The summed E-state index contributed by atoms with van der Waals surface area (Å²) < 4.78 is 6.93. The smallest absolute Gasteiger partial charge is 0.328 e. The van der Waals surface area contributed by atoms with Crippen molar-refractivity contribution >= 4 is 5.91 Å². The van der Waals surface area contributed by atoms with Gasteiger partial charge in [0.2, 0.25) is 0 Å². The first-order chi connectivity index (χ1) is 11.5. The van der Waals surface area contributed by atoms with Crippen LogP contribution in [0.4, 0.5) is 0 Å². The van der Waals surface area contributed by atoms with Crippen LogP contribution in [0.25, 0.3) is 0 Å². The Labute approximate surface area is 138 Å². The lowest BCUT2D eigenvalue weighted by atomic mass is 10.1. The van der Waals surface area contributed by atoms with Crippen LogP contribution in [0.5, 0.6) is 5.75 Å². The minimum atomic E-state index is -0.680. The number of aromatic amines is 1. The van der Waals surface area contributed by atoms with Gasteiger partial charge in [-0.3, -0.25) is 14.6 Å². The molecule has 1 saturated carbocycles. The SMILES string of the molecule is Cn1cc(C(=O)NCC2(COc3ccccc3)CC2)c(=O)[nH]c1=O. The monoisotopic (exact) mass is 329 g/mol. The largest absolute Gasteiger partial charge is 0.493 e. The molecule has 1 fully saturated rings. The van der Waals surface area contributed by atoms with Crippen molar-refractivity contribution < 1.29 is 9.53 Å². The molecular formula is C17H19N3O4. The predicted octanol–water partition coefficient (Wildman–Crippen LogP) is 0.663. The maximum absolute atomic E-state index is 12.2. The number of rotatable bonds is 6. The molecule has 0 spiro atoms.